The first-order chi connectivity index (χ1) is 12.4. The minimum Gasteiger partial charge on any atom is -0.368 e. The van der Waals surface area contributed by atoms with Crippen molar-refractivity contribution in [2.45, 2.75) is 23.8 Å². The third-order valence-corrected chi connectivity index (χ3v) is 5.08. The maximum Gasteiger partial charge on any atom is 0.240 e. The van der Waals surface area contributed by atoms with Gasteiger partial charge in [0.25, 0.3) is 0 Å². The molecule has 2 aromatic rings. The monoisotopic (exact) mass is 380 g/mol. The fourth-order valence-corrected chi connectivity index (χ4v) is 3.45. The van der Waals surface area contributed by atoms with Gasteiger partial charge < -0.3 is 11.1 Å². The Bertz CT molecular complexity index is 795. The van der Waals surface area contributed by atoms with E-state index in [0.717, 1.165) is 12.1 Å². The quantitative estimate of drug-likeness (QED) is 0.730. The van der Waals surface area contributed by atoms with Crippen LogP contribution in [0.2, 0.25) is 0 Å². The summed E-state index contributed by atoms with van der Waals surface area (Å²) in [6.45, 7) is 0. The summed E-state index contributed by atoms with van der Waals surface area (Å²) in [6, 6.07) is 10.8. The van der Waals surface area contributed by atoms with Gasteiger partial charge in [-0.15, -0.1) is 0 Å². The van der Waals surface area contributed by atoms with Crippen LogP contribution in [0.1, 0.15) is 12.0 Å². The molecule has 2 aromatic carbocycles. The largest absolute Gasteiger partial charge is 0.368 e. The lowest BCUT2D eigenvalue weighted by atomic mass is 10.1. The van der Waals surface area contributed by atoms with Gasteiger partial charge in [0.1, 0.15) is 17.7 Å². The molecule has 2 amide bonds. The molecule has 0 aliphatic rings. The number of rotatable bonds is 8. The maximum atomic E-state index is 13.6. The van der Waals surface area contributed by atoms with E-state index in [2.05, 4.69) is 5.32 Å². The number of hydrogen-bond acceptors (Lipinski definition) is 3. The van der Waals surface area contributed by atoms with Crippen molar-refractivity contribution in [3.05, 3.63) is 65.7 Å². The molecule has 0 aromatic heterocycles. The Morgan fingerprint density at radius 1 is 1.04 bits per heavy atom. The van der Waals surface area contributed by atoms with Crippen LogP contribution in [-0.2, 0) is 26.8 Å². The molecule has 26 heavy (non-hydrogen) atoms. The molecule has 0 aliphatic heterocycles. The second-order valence-electron chi connectivity index (χ2n) is 5.55. The fraction of sp³-hybridized carbons (Fsp3) is 0.222. The lowest BCUT2D eigenvalue weighted by molar-refractivity contribution is -0.127. The first kappa shape index (κ1) is 19.7. The molecule has 0 saturated heterocycles. The molecule has 0 fully saturated rings. The Hall–Kier alpha value is -2.61. The summed E-state index contributed by atoms with van der Waals surface area (Å²) in [5.74, 6) is -3.14. The zero-order valence-corrected chi connectivity index (χ0v) is 14.6. The van der Waals surface area contributed by atoms with Gasteiger partial charge in [0.05, 0.1) is 17.2 Å². The van der Waals surface area contributed by atoms with E-state index >= 15 is 0 Å². The fourth-order valence-electron chi connectivity index (χ4n) is 2.31. The van der Waals surface area contributed by atoms with E-state index in [1.807, 2.05) is 0 Å². The van der Waals surface area contributed by atoms with E-state index in [1.54, 1.807) is 30.3 Å². The van der Waals surface area contributed by atoms with E-state index in [0.29, 0.717) is 4.90 Å². The highest BCUT2D eigenvalue weighted by Gasteiger charge is 2.21. The van der Waals surface area contributed by atoms with Crippen molar-refractivity contribution in [1.82, 2.24) is 5.32 Å². The number of primary amides is 1. The Balaban J connectivity index is 1.96. The number of nitrogens with one attached hydrogen (secondary N) is 1. The van der Waals surface area contributed by atoms with Crippen LogP contribution in [0.3, 0.4) is 0 Å². The molecule has 0 radical (unpaired) electrons. The van der Waals surface area contributed by atoms with Crippen molar-refractivity contribution in [3.8, 4) is 0 Å². The summed E-state index contributed by atoms with van der Waals surface area (Å²) >= 11 is 0. The molecule has 2 rings (SSSR count). The van der Waals surface area contributed by atoms with Crippen molar-refractivity contribution in [3.63, 3.8) is 0 Å². The SMILES string of the molecule is NC(=O)[C@H](CC[S@@](=O)c1ccccc1)NC(=O)Cc1c(F)cccc1F. The van der Waals surface area contributed by atoms with Gasteiger partial charge in [-0.25, -0.2) is 8.78 Å². The molecule has 0 heterocycles. The van der Waals surface area contributed by atoms with Crippen molar-refractivity contribution in [1.29, 1.82) is 0 Å². The number of halogens is 2. The number of nitrogens with two attached hydrogens (primary N) is 1. The van der Waals surface area contributed by atoms with Crippen molar-refractivity contribution in [2.24, 2.45) is 5.73 Å². The van der Waals surface area contributed by atoms with Gasteiger partial charge in [-0.1, -0.05) is 24.3 Å². The molecule has 0 saturated carbocycles. The lowest BCUT2D eigenvalue weighted by Gasteiger charge is -2.15. The van der Waals surface area contributed by atoms with Crippen LogP contribution in [-0.4, -0.2) is 27.8 Å². The minimum atomic E-state index is -1.36. The van der Waals surface area contributed by atoms with E-state index < -0.39 is 46.7 Å². The van der Waals surface area contributed by atoms with Crippen molar-refractivity contribution in [2.75, 3.05) is 5.75 Å². The standard InChI is InChI=1S/C18H18F2N2O3S/c19-14-7-4-8-15(20)13(14)11-17(23)22-16(18(21)24)9-10-26(25)12-5-2-1-3-6-12/h1-8,16H,9-11H2,(H2,21,24)(H,22,23)/t16-,26+/m0/s1. The van der Waals surface area contributed by atoms with Crippen LogP contribution in [0, 0.1) is 11.6 Å². The second-order valence-corrected chi connectivity index (χ2v) is 7.12. The first-order valence-electron chi connectivity index (χ1n) is 7.83. The van der Waals surface area contributed by atoms with Crippen LogP contribution in [0.15, 0.2) is 53.4 Å². The number of carbonyl (C=O) groups is 2. The average Bonchev–Trinajstić information content (AvgIpc) is 2.62. The van der Waals surface area contributed by atoms with Crippen LogP contribution >= 0.6 is 0 Å². The first-order valence-corrected chi connectivity index (χ1v) is 9.15. The Morgan fingerprint density at radius 3 is 2.23 bits per heavy atom. The topological polar surface area (TPSA) is 89.3 Å². The van der Waals surface area contributed by atoms with Gasteiger partial charge in [0, 0.05) is 16.2 Å². The van der Waals surface area contributed by atoms with Gasteiger partial charge in [0.15, 0.2) is 0 Å². The summed E-state index contributed by atoms with van der Waals surface area (Å²) < 4.78 is 39.4. The van der Waals surface area contributed by atoms with Crippen LogP contribution in [0.4, 0.5) is 8.78 Å². The number of hydrogen-bond donors (Lipinski definition) is 2. The molecular formula is C18H18F2N2O3S. The molecule has 2 atom stereocenters. The molecule has 0 bridgehead atoms. The molecule has 138 valence electrons. The van der Waals surface area contributed by atoms with Crippen LogP contribution in [0.5, 0.6) is 0 Å². The lowest BCUT2D eigenvalue weighted by Crippen LogP contribution is -2.45. The van der Waals surface area contributed by atoms with Gasteiger partial charge in [-0.2, -0.15) is 0 Å². The van der Waals surface area contributed by atoms with Gasteiger partial charge >= 0.3 is 0 Å². The second kappa shape index (κ2) is 9.19. The van der Waals surface area contributed by atoms with E-state index in [9.17, 15) is 22.6 Å². The minimum absolute atomic E-state index is 0.0440. The highest BCUT2D eigenvalue weighted by atomic mass is 32.2. The summed E-state index contributed by atoms with van der Waals surface area (Å²) in [5.41, 5.74) is 4.87. The van der Waals surface area contributed by atoms with Gasteiger partial charge in [0.2, 0.25) is 11.8 Å². The third kappa shape index (κ3) is 5.45. The Kier molecular flexibility index (Phi) is 6.97. The van der Waals surface area contributed by atoms with Gasteiger partial charge in [-0.05, 0) is 30.7 Å². The highest BCUT2D eigenvalue weighted by Crippen LogP contribution is 2.13. The molecule has 0 spiro atoms. The summed E-state index contributed by atoms with van der Waals surface area (Å²) in [5, 5.41) is 2.34. The van der Waals surface area contributed by atoms with E-state index in [-0.39, 0.29) is 17.7 Å². The van der Waals surface area contributed by atoms with E-state index in [1.165, 1.54) is 6.07 Å². The van der Waals surface area contributed by atoms with Crippen LogP contribution < -0.4 is 11.1 Å². The maximum absolute atomic E-state index is 13.6. The third-order valence-electron chi connectivity index (χ3n) is 3.68. The zero-order chi connectivity index (χ0) is 19.1. The molecule has 0 aliphatic carbocycles. The molecule has 8 heteroatoms. The van der Waals surface area contributed by atoms with Gasteiger partial charge in [-0.3, -0.25) is 13.8 Å². The summed E-state index contributed by atoms with van der Waals surface area (Å²) in [6.07, 6.45) is -0.521. The summed E-state index contributed by atoms with van der Waals surface area (Å²) in [4.78, 5) is 24.1. The zero-order valence-electron chi connectivity index (χ0n) is 13.8. The Labute approximate surface area is 152 Å². The molecule has 5 nitrogen and oxygen atoms in total. The Morgan fingerprint density at radius 2 is 1.65 bits per heavy atom. The predicted octanol–water partition coefficient (Wildman–Crippen LogP) is 1.68. The summed E-state index contributed by atoms with van der Waals surface area (Å²) in [7, 11) is -1.36. The molecule has 0 unspecified atom stereocenters. The van der Waals surface area contributed by atoms with Crippen molar-refractivity contribution >= 4 is 22.6 Å². The predicted molar refractivity (Wildman–Crippen MR) is 93.5 cm³/mol. The normalized spacial score (nSPS) is 13.0. The highest BCUT2D eigenvalue weighted by molar-refractivity contribution is 7.85. The van der Waals surface area contributed by atoms with E-state index in [4.69, 9.17) is 5.73 Å². The molecule has 3 N–H and O–H groups in total. The average molecular weight is 380 g/mol. The number of benzene rings is 2. The number of carbonyl (C=O) groups excluding carboxylic acids is 2. The number of amides is 2. The van der Waals surface area contributed by atoms with Crippen molar-refractivity contribution < 1.29 is 22.6 Å². The van der Waals surface area contributed by atoms with Crippen LogP contribution in [0.25, 0.3) is 0 Å². The smallest absolute Gasteiger partial charge is 0.240 e. The molecular weight excluding hydrogens is 362 g/mol.